The Bertz CT molecular complexity index is 11.5. The Morgan fingerprint density at radius 1 is 1.33 bits per heavy atom. The third-order valence-electron chi connectivity index (χ3n) is 0. The molecular formula is C2H11F2NO. The van der Waals surface area contributed by atoms with Gasteiger partial charge in [-0.15, -0.1) is 0 Å². The predicted molar refractivity (Wildman–Crippen MR) is 22.8 cm³/mol. The molecule has 4 N–H and O–H groups in total. The van der Waals surface area contributed by atoms with Crippen molar-refractivity contribution in [2.24, 2.45) is 0 Å². The van der Waals surface area contributed by atoms with Gasteiger partial charge < -0.3 is 11.3 Å². The van der Waals surface area contributed by atoms with E-state index in [0.717, 1.165) is 0 Å². The quantitative estimate of drug-likeness (QED) is 0.468. The number of hydrogen-bond acceptors (Lipinski definition) is 2. The van der Waals surface area contributed by atoms with Gasteiger partial charge in [0.05, 0.1) is 0 Å². The second-order valence-electron chi connectivity index (χ2n) is 0.316. The van der Waals surface area contributed by atoms with Crippen LogP contribution in [0.1, 0.15) is 6.92 Å². The van der Waals surface area contributed by atoms with E-state index in [4.69, 9.17) is 5.11 Å². The summed E-state index contributed by atoms with van der Waals surface area (Å²) in [4.78, 5) is 0. The van der Waals surface area contributed by atoms with Gasteiger partial charge in [-0.3, -0.25) is 9.41 Å². The molecule has 0 aromatic carbocycles. The summed E-state index contributed by atoms with van der Waals surface area (Å²) in [5.41, 5.74) is 0. The molecule has 0 aliphatic rings. The van der Waals surface area contributed by atoms with E-state index < -0.39 is 0 Å². The van der Waals surface area contributed by atoms with E-state index in [1.54, 1.807) is 6.92 Å². The number of aliphatic hydroxyl groups is 1. The topological polar surface area (TPSA) is 55.2 Å². The molecule has 0 aromatic rings. The van der Waals surface area contributed by atoms with Gasteiger partial charge in [0, 0.05) is 6.61 Å². The maximum Gasteiger partial charge on any atom is 0.0402 e. The van der Waals surface area contributed by atoms with E-state index in [1.165, 1.54) is 0 Å². The van der Waals surface area contributed by atoms with E-state index in [9.17, 15) is 0 Å². The minimum absolute atomic E-state index is 0. The fourth-order valence-corrected chi connectivity index (χ4v) is 0. The fraction of sp³-hybridized carbons (Fsp3) is 1.00. The molecule has 0 atom stereocenters. The summed E-state index contributed by atoms with van der Waals surface area (Å²) in [5, 5.41) is 7.57. The summed E-state index contributed by atoms with van der Waals surface area (Å²) in [6.45, 7) is 1.93. The van der Waals surface area contributed by atoms with Crippen molar-refractivity contribution in [2.75, 3.05) is 6.61 Å². The third kappa shape index (κ3) is 604. The molecule has 0 amide bonds. The van der Waals surface area contributed by atoms with E-state index in [2.05, 4.69) is 0 Å². The second kappa shape index (κ2) is 112. The van der Waals surface area contributed by atoms with Gasteiger partial charge in [-0.25, -0.2) is 0 Å². The molecule has 0 aliphatic carbocycles. The zero-order valence-electron chi connectivity index (χ0n) is 3.68. The Morgan fingerprint density at radius 2 is 1.33 bits per heavy atom. The summed E-state index contributed by atoms with van der Waals surface area (Å²) in [6, 6.07) is 0. The first-order chi connectivity index (χ1) is 1.41. The Hall–Kier alpha value is -0.220. The highest BCUT2D eigenvalue weighted by molar-refractivity contribution is 3.84. The van der Waals surface area contributed by atoms with Gasteiger partial charge in [0.2, 0.25) is 0 Å². The SMILES string of the molecule is CCO.F.F.N. The van der Waals surface area contributed by atoms with Crippen molar-refractivity contribution in [1.29, 1.82) is 0 Å². The van der Waals surface area contributed by atoms with Crippen molar-refractivity contribution in [3.05, 3.63) is 0 Å². The van der Waals surface area contributed by atoms with Crippen LogP contribution in [0.5, 0.6) is 0 Å². The second-order valence-corrected chi connectivity index (χ2v) is 0.316. The van der Waals surface area contributed by atoms with Gasteiger partial charge in [-0.2, -0.15) is 0 Å². The molecule has 0 spiro atoms. The molecule has 0 bridgehead atoms. The highest BCUT2D eigenvalue weighted by atomic mass is 19.0. The zero-order chi connectivity index (χ0) is 2.71. The highest BCUT2D eigenvalue weighted by Gasteiger charge is 1.34. The molecule has 44 valence electrons. The summed E-state index contributed by atoms with van der Waals surface area (Å²) in [5.74, 6) is 0. The average Bonchev–Trinajstić information content (AvgIpc) is 0.918. The van der Waals surface area contributed by atoms with E-state index in [0.29, 0.717) is 0 Å². The van der Waals surface area contributed by atoms with Crippen molar-refractivity contribution >= 4 is 0 Å². The van der Waals surface area contributed by atoms with Gasteiger partial charge in [0.25, 0.3) is 0 Å². The van der Waals surface area contributed by atoms with Crippen LogP contribution in [0, 0.1) is 0 Å². The molecule has 0 saturated carbocycles. The third-order valence-corrected chi connectivity index (χ3v) is 0. The first-order valence-electron chi connectivity index (χ1n) is 1.02. The molecule has 0 aliphatic heterocycles. The molecule has 0 aromatic heterocycles. The van der Waals surface area contributed by atoms with Crippen LogP contribution >= 0.6 is 0 Å². The monoisotopic (exact) mass is 103 g/mol. The van der Waals surface area contributed by atoms with E-state index >= 15 is 0 Å². The lowest BCUT2D eigenvalue weighted by atomic mass is 10.9. The standard InChI is InChI=1S/C2H6O.2FH.H3N/c1-2-3;;;/h3H,2H2,1H3;2*1H;1H3. The molecule has 0 unspecified atom stereocenters. The molecule has 4 heteroatoms. The number of halogens is 2. The van der Waals surface area contributed by atoms with Crippen LogP contribution in [-0.2, 0) is 0 Å². The Labute approximate surface area is 35.5 Å². The van der Waals surface area contributed by atoms with Gasteiger partial charge >= 0.3 is 0 Å². The van der Waals surface area contributed by atoms with Crippen LogP contribution in [0.3, 0.4) is 0 Å². The maximum absolute atomic E-state index is 7.57. The van der Waals surface area contributed by atoms with Crippen LogP contribution in [-0.4, -0.2) is 11.7 Å². The largest absolute Gasteiger partial charge is 0.397 e. The summed E-state index contributed by atoms with van der Waals surface area (Å²) >= 11 is 0. The molecule has 0 heterocycles. The number of hydrogen-bond donors (Lipinski definition) is 2. The van der Waals surface area contributed by atoms with Gasteiger partial charge in [0.1, 0.15) is 0 Å². The molecular weight excluding hydrogens is 92.0 g/mol. The van der Waals surface area contributed by atoms with Crippen LogP contribution in [0.4, 0.5) is 9.41 Å². The molecule has 2 nitrogen and oxygen atoms in total. The summed E-state index contributed by atoms with van der Waals surface area (Å²) in [7, 11) is 0. The lowest BCUT2D eigenvalue weighted by Crippen LogP contribution is -1.57. The predicted octanol–water partition coefficient (Wildman–Crippen LogP) is 0.466. The lowest BCUT2D eigenvalue weighted by molar-refractivity contribution is 0.318. The van der Waals surface area contributed by atoms with Crippen molar-refractivity contribution in [2.45, 2.75) is 6.92 Å². The number of rotatable bonds is 0. The summed E-state index contributed by atoms with van der Waals surface area (Å²) in [6.07, 6.45) is 0. The first kappa shape index (κ1) is 41.7. The Kier molecular flexibility index (Phi) is 780. The zero-order valence-corrected chi connectivity index (χ0v) is 3.68. The van der Waals surface area contributed by atoms with Gasteiger partial charge in [0.15, 0.2) is 0 Å². The summed E-state index contributed by atoms with van der Waals surface area (Å²) < 4.78 is 0. The normalized spacial score (nSPS) is 3.00. The number of aliphatic hydroxyl groups excluding tert-OH is 1. The van der Waals surface area contributed by atoms with Gasteiger partial charge in [-0.1, -0.05) is 0 Å². The lowest BCUT2D eigenvalue weighted by Gasteiger charge is -1.52. The van der Waals surface area contributed by atoms with E-state index in [-0.39, 0.29) is 22.2 Å². The van der Waals surface area contributed by atoms with Crippen molar-refractivity contribution in [3.63, 3.8) is 0 Å². The van der Waals surface area contributed by atoms with Crippen LogP contribution in [0.25, 0.3) is 0 Å². The minimum atomic E-state index is 0. The minimum Gasteiger partial charge on any atom is -0.397 e. The van der Waals surface area contributed by atoms with Crippen molar-refractivity contribution in [1.82, 2.24) is 6.15 Å². The van der Waals surface area contributed by atoms with Crippen LogP contribution in [0.15, 0.2) is 0 Å². The van der Waals surface area contributed by atoms with Gasteiger partial charge in [-0.05, 0) is 6.92 Å². The average molecular weight is 103 g/mol. The smallest absolute Gasteiger partial charge is 0.0402 e. The highest BCUT2D eigenvalue weighted by Crippen LogP contribution is 1.30. The molecule has 0 rings (SSSR count). The van der Waals surface area contributed by atoms with Crippen molar-refractivity contribution in [3.8, 4) is 0 Å². The van der Waals surface area contributed by atoms with Crippen LogP contribution < -0.4 is 6.15 Å². The molecule has 0 radical (unpaired) electrons. The Morgan fingerprint density at radius 3 is 1.33 bits per heavy atom. The van der Waals surface area contributed by atoms with Crippen molar-refractivity contribution < 1.29 is 14.5 Å². The Balaban J connectivity index is -0.00000000667. The fourth-order valence-electron chi connectivity index (χ4n) is 0. The maximum atomic E-state index is 7.57. The molecule has 0 fully saturated rings. The molecule has 6 heavy (non-hydrogen) atoms. The van der Waals surface area contributed by atoms with E-state index in [1.807, 2.05) is 0 Å². The molecule has 0 saturated heterocycles. The van der Waals surface area contributed by atoms with Crippen LogP contribution in [0.2, 0.25) is 0 Å². The first-order valence-corrected chi connectivity index (χ1v) is 1.02.